The first-order valence-electron chi connectivity index (χ1n) is 17.3. The Morgan fingerprint density at radius 1 is 1.02 bits per heavy atom. The van der Waals surface area contributed by atoms with Gasteiger partial charge in [-0.15, -0.1) is 0 Å². The minimum atomic E-state index is -3.38. The lowest BCUT2D eigenvalue weighted by Gasteiger charge is -2.20. The lowest BCUT2D eigenvalue weighted by molar-refractivity contribution is -0.139. The van der Waals surface area contributed by atoms with Gasteiger partial charge in [0.2, 0.25) is 0 Å². The van der Waals surface area contributed by atoms with Crippen molar-refractivity contribution in [2.45, 2.75) is 65.6 Å². The molecule has 2 atom stereocenters. The normalized spacial score (nSPS) is 14.5. The molecule has 0 aliphatic carbocycles. The molecule has 0 bridgehead atoms. The molecule has 1 fully saturated rings. The lowest BCUT2D eigenvalue weighted by atomic mass is 9.93. The number of benzene rings is 3. The Hall–Kier alpha value is -4.45. The fourth-order valence-electron chi connectivity index (χ4n) is 5.03. The van der Waals surface area contributed by atoms with Crippen molar-refractivity contribution in [2.24, 2.45) is 0 Å². The quantitative estimate of drug-likeness (QED) is 0.137. The molecule has 3 aromatic rings. The number of allylic oxidation sites excluding steroid dienone is 3. The number of methoxy groups -OCH3 is 2. The number of hydrogen-bond acceptors (Lipinski definition) is 8. The van der Waals surface area contributed by atoms with Crippen molar-refractivity contribution in [3.63, 3.8) is 0 Å². The molecule has 52 heavy (non-hydrogen) atoms. The number of amides is 1. The number of sulfone groups is 1. The van der Waals surface area contributed by atoms with Gasteiger partial charge in [0.15, 0.2) is 0 Å². The van der Waals surface area contributed by atoms with Crippen molar-refractivity contribution >= 4 is 21.7 Å². The summed E-state index contributed by atoms with van der Waals surface area (Å²) in [6.45, 7) is 13.9. The molecule has 1 saturated heterocycles. The van der Waals surface area contributed by atoms with E-state index in [9.17, 15) is 23.1 Å². The SMILES string of the molecule is C=C/C=C(\C)OC.CCC.COC.Cc1ccccc1-c1cc(CN2CCC(Oc3ccccc3)C2)ccc1C(=O)NC(CCS(C)(=O)=O)C(=O)O. The molecule has 0 saturated carbocycles. The Bertz CT molecular complexity index is 1660. The Balaban J connectivity index is 0.000000896. The zero-order valence-corrected chi connectivity index (χ0v) is 32.9. The van der Waals surface area contributed by atoms with E-state index < -0.39 is 27.8 Å². The molecular weight excluding hydrogens is 681 g/mol. The van der Waals surface area contributed by atoms with Gasteiger partial charge in [0.05, 0.1) is 18.6 Å². The summed E-state index contributed by atoms with van der Waals surface area (Å²) in [5, 5.41) is 12.1. The third kappa shape index (κ3) is 17.7. The van der Waals surface area contributed by atoms with Gasteiger partial charge in [0, 0.05) is 45.7 Å². The molecule has 1 amide bonds. The van der Waals surface area contributed by atoms with Crippen LogP contribution in [0.25, 0.3) is 11.1 Å². The van der Waals surface area contributed by atoms with Crippen molar-refractivity contribution in [1.82, 2.24) is 10.2 Å². The van der Waals surface area contributed by atoms with Crippen LogP contribution < -0.4 is 10.1 Å². The summed E-state index contributed by atoms with van der Waals surface area (Å²) < 4.78 is 38.3. The van der Waals surface area contributed by atoms with Gasteiger partial charge in [0.1, 0.15) is 27.7 Å². The average Bonchev–Trinajstić information content (AvgIpc) is 3.54. The molecule has 10 nitrogen and oxygen atoms in total. The molecule has 1 heterocycles. The highest BCUT2D eigenvalue weighted by atomic mass is 32.2. The number of aryl methyl sites for hydroxylation is 1. The Morgan fingerprint density at radius 2 is 1.63 bits per heavy atom. The maximum absolute atomic E-state index is 13.3. The summed E-state index contributed by atoms with van der Waals surface area (Å²) in [5.41, 5.74) is 3.92. The third-order valence-corrected chi connectivity index (χ3v) is 8.48. The Kier molecular flexibility index (Phi) is 21.6. The molecule has 2 N–H and O–H groups in total. The third-order valence-electron chi connectivity index (χ3n) is 7.50. The fraction of sp³-hybridized carbons (Fsp3) is 0.415. The van der Waals surface area contributed by atoms with Gasteiger partial charge in [-0.25, -0.2) is 13.2 Å². The maximum Gasteiger partial charge on any atom is 0.326 e. The molecule has 11 heteroatoms. The molecule has 2 unspecified atom stereocenters. The van der Waals surface area contributed by atoms with Gasteiger partial charge in [-0.2, -0.15) is 0 Å². The highest BCUT2D eigenvalue weighted by Crippen LogP contribution is 2.29. The number of carboxylic acids is 1. The van der Waals surface area contributed by atoms with Crippen LogP contribution in [-0.2, 0) is 30.7 Å². The van der Waals surface area contributed by atoms with E-state index in [1.165, 1.54) is 6.42 Å². The molecule has 286 valence electrons. The second-order valence-electron chi connectivity index (χ2n) is 12.4. The second-order valence-corrected chi connectivity index (χ2v) is 14.6. The fourth-order valence-corrected chi connectivity index (χ4v) is 5.70. The predicted octanol–water partition coefficient (Wildman–Crippen LogP) is 7.33. The Morgan fingerprint density at radius 3 is 2.17 bits per heavy atom. The molecule has 3 aromatic carbocycles. The second kappa shape index (κ2) is 24.7. The average molecular weight is 739 g/mol. The van der Waals surface area contributed by atoms with E-state index in [4.69, 9.17) is 9.47 Å². The predicted molar refractivity (Wildman–Crippen MR) is 210 cm³/mol. The van der Waals surface area contributed by atoms with Crippen molar-refractivity contribution < 1.29 is 37.3 Å². The van der Waals surface area contributed by atoms with Crippen LogP contribution in [0.5, 0.6) is 5.75 Å². The molecule has 1 aliphatic rings. The summed E-state index contributed by atoms with van der Waals surface area (Å²) in [6.07, 6.45) is 6.61. The van der Waals surface area contributed by atoms with Crippen molar-refractivity contribution in [3.8, 4) is 16.9 Å². The van der Waals surface area contributed by atoms with Crippen LogP contribution in [0.3, 0.4) is 0 Å². The van der Waals surface area contributed by atoms with Gasteiger partial charge in [0.25, 0.3) is 5.91 Å². The van der Waals surface area contributed by atoms with Crippen molar-refractivity contribution in [2.75, 3.05) is 46.4 Å². The number of rotatable bonds is 13. The number of para-hydroxylation sites is 1. The maximum atomic E-state index is 13.3. The van der Waals surface area contributed by atoms with Crippen LogP contribution in [0.2, 0.25) is 0 Å². The van der Waals surface area contributed by atoms with Crippen LogP contribution >= 0.6 is 0 Å². The number of ether oxygens (including phenoxy) is 3. The number of carbonyl (C=O) groups excluding carboxylic acids is 1. The van der Waals surface area contributed by atoms with Gasteiger partial charge in [-0.3, -0.25) is 9.69 Å². The lowest BCUT2D eigenvalue weighted by Crippen LogP contribution is -2.42. The van der Waals surface area contributed by atoms with Gasteiger partial charge in [-0.05, 0) is 79.3 Å². The summed E-state index contributed by atoms with van der Waals surface area (Å²) in [7, 11) is 1.51. The van der Waals surface area contributed by atoms with Gasteiger partial charge < -0.3 is 24.6 Å². The summed E-state index contributed by atoms with van der Waals surface area (Å²) >= 11 is 0. The number of carbonyl (C=O) groups is 2. The van der Waals surface area contributed by atoms with Crippen LogP contribution in [0.4, 0.5) is 0 Å². The monoisotopic (exact) mass is 738 g/mol. The highest BCUT2D eigenvalue weighted by molar-refractivity contribution is 7.90. The number of hydrogen-bond donors (Lipinski definition) is 2. The number of likely N-dealkylation sites (tertiary alicyclic amines) is 1. The summed E-state index contributed by atoms with van der Waals surface area (Å²) in [4.78, 5) is 27.4. The molecule has 1 aliphatic heterocycles. The van der Waals surface area contributed by atoms with E-state index in [1.807, 2.05) is 80.6 Å². The first kappa shape index (κ1) is 45.6. The number of aliphatic carboxylic acids is 1. The first-order chi connectivity index (χ1) is 24.7. The van der Waals surface area contributed by atoms with E-state index in [2.05, 4.69) is 35.4 Å². The zero-order chi connectivity index (χ0) is 39.1. The number of nitrogens with zero attached hydrogens (tertiary/aromatic N) is 1. The van der Waals surface area contributed by atoms with Crippen LogP contribution in [-0.4, -0.2) is 88.9 Å². The topological polar surface area (TPSA) is 131 Å². The van der Waals surface area contributed by atoms with Crippen LogP contribution in [0.1, 0.15) is 61.5 Å². The number of nitrogens with one attached hydrogen (secondary N) is 1. The van der Waals surface area contributed by atoms with E-state index >= 15 is 0 Å². The van der Waals surface area contributed by atoms with Crippen LogP contribution in [0, 0.1) is 6.92 Å². The molecular formula is C41H58N2O8S. The molecule has 0 aromatic heterocycles. The first-order valence-corrected chi connectivity index (χ1v) is 19.4. The zero-order valence-electron chi connectivity index (χ0n) is 32.1. The molecule has 0 radical (unpaired) electrons. The van der Waals surface area contributed by atoms with Crippen LogP contribution in [0.15, 0.2) is 97.3 Å². The van der Waals surface area contributed by atoms with E-state index in [1.54, 1.807) is 39.5 Å². The largest absolute Gasteiger partial charge is 0.501 e. The van der Waals surface area contributed by atoms with E-state index in [0.717, 1.165) is 54.0 Å². The van der Waals surface area contributed by atoms with Crippen molar-refractivity contribution in [3.05, 3.63) is 114 Å². The molecule has 4 rings (SSSR count). The highest BCUT2D eigenvalue weighted by Gasteiger charge is 2.26. The number of carboxylic acid groups (broad SMARTS) is 1. The van der Waals surface area contributed by atoms with Gasteiger partial charge in [-0.1, -0.05) is 81.5 Å². The smallest absolute Gasteiger partial charge is 0.326 e. The minimum Gasteiger partial charge on any atom is -0.501 e. The molecule has 0 spiro atoms. The van der Waals surface area contributed by atoms with Gasteiger partial charge >= 0.3 is 5.97 Å². The van der Waals surface area contributed by atoms with E-state index in [-0.39, 0.29) is 18.3 Å². The minimum absolute atomic E-state index is 0.105. The summed E-state index contributed by atoms with van der Waals surface area (Å²) in [5.74, 6) is -0.424. The summed E-state index contributed by atoms with van der Waals surface area (Å²) in [6, 6.07) is 21.8. The standard InChI is InChI=1S/C30H34N2O6S.C6H10O.C3H8.C2H6O/c1-21-8-6-7-11-25(21)27-18-22(19-32-16-14-24(20-32)38-23-9-4-3-5-10-23)12-13-26(27)29(33)31-28(30(34)35)15-17-39(2,36)37;1-4-5-6(2)7-3;2*1-3-2/h3-13,18,24,28H,14-17,19-20H2,1-2H3,(H,31,33)(H,34,35);4-5H,1H2,2-3H3;3H2,1-2H3;1-2H3/b;6-5+;;. The van der Waals surface area contributed by atoms with Crippen molar-refractivity contribution in [1.29, 1.82) is 0 Å². The van der Waals surface area contributed by atoms with E-state index in [0.29, 0.717) is 17.7 Å². The Labute approximate surface area is 311 Å².